The van der Waals surface area contributed by atoms with Gasteiger partial charge in [0.05, 0.1) is 12.7 Å². The van der Waals surface area contributed by atoms with Crippen LogP contribution in [0.4, 0.5) is 0 Å². The van der Waals surface area contributed by atoms with Crippen LogP contribution in [0.5, 0.6) is 17.5 Å². The Morgan fingerprint density at radius 3 is 2.23 bits per heavy atom. The van der Waals surface area contributed by atoms with Crippen molar-refractivity contribution >= 4 is 15.8 Å². The monoisotopic (exact) mass is 327 g/mol. The second-order valence-corrected chi connectivity index (χ2v) is 6.34. The zero-order valence-electron chi connectivity index (χ0n) is 11.7. The van der Waals surface area contributed by atoms with E-state index in [1.54, 1.807) is 0 Å². The molecule has 0 saturated carbocycles. The molecule has 2 aromatic rings. The Morgan fingerprint density at radius 2 is 1.73 bits per heavy atom. The summed E-state index contributed by atoms with van der Waals surface area (Å²) in [4.78, 5) is 16.4. The van der Waals surface area contributed by atoms with Gasteiger partial charge in [0.25, 0.3) is 0 Å². The molecule has 1 aromatic heterocycles. The number of rotatable bonds is 4. The summed E-state index contributed by atoms with van der Waals surface area (Å²) >= 11 is 0. The number of esters is 1. The predicted octanol–water partition coefficient (Wildman–Crippen LogP) is 0.931. The molecule has 0 amide bonds. The van der Waals surface area contributed by atoms with Gasteiger partial charge in [-0.1, -0.05) is 0 Å². The largest absolute Gasteiger partial charge is 0.492 e. The predicted molar refractivity (Wildman–Crippen MR) is 74.7 cm³/mol. The lowest BCUT2D eigenvalue weighted by atomic mass is 10.2. The number of aromatic hydroxyl groups is 2. The minimum Gasteiger partial charge on any atom is -0.492 e. The summed E-state index contributed by atoms with van der Waals surface area (Å²) < 4.78 is 28.9. The fraction of sp³-hybridized carbons (Fsp3) is 0.154. The van der Waals surface area contributed by atoms with E-state index in [1.165, 1.54) is 19.2 Å². The van der Waals surface area contributed by atoms with Crippen molar-refractivity contribution in [1.29, 1.82) is 0 Å². The number of carbonyl (C=O) groups excluding carboxylic acids is 1. The van der Waals surface area contributed by atoms with Crippen LogP contribution in [-0.4, -0.2) is 42.7 Å². The van der Waals surface area contributed by atoms with Gasteiger partial charge in [0.15, 0.2) is 15.6 Å². The van der Waals surface area contributed by atoms with E-state index in [0.717, 1.165) is 24.5 Å². The summed E-state index contributed by atoms with van der Waals surface area (Å²) in [7, 11) is -2.57. The van der Waals surface area contributed by atoms with Crippen LogP contribution in [-0.2, 0) is 14.6 Å². The summed E-state index contributed by atoms with van der Waals surface area (Å²) in [6.45, 7) is 0. The molecule has 0 radical (unpaired) electrons. The average molecular weight is 327 g/mol. The number of nitrogens with zero attached hydrogens (tertiary/aromatic N) is 1. The smallest absolute Gasteiger partial charge is 0.337 e. The highest BCUT2D eigenvalue weighted by atomic mass is 32.2. The van der Waals surface area contributed by atoms with Crippen molar-refractivity contribution in [2.24, 2.45) is 0 Å². The SMILES string of the molecule is COC(=O)c1ccc(On2c(O)ccc2O)c(S(C)(=O)=O)c1. The van der Waals surface area contributed by atoms with Gasteiger partial charge in [-0.3, -0.25) is 0 Å². The van der Waals surface area contributed by atoms with Crippen LogP contribution >= 0.6 is 0 Å². The molecule has 22 heavy (non-hydrogen) atoms. The van der Waals surface area contributed by atoms with Crippen molar-refractivity contribution in [3.05, 3.63) is 35.9 Å². The molecule has 2 rings (SSSR count). The Bertz CT molecular complexity index is 803. The van der Waals surface area contributed by atoms with Crippen LogP contribution in [0.15, 0.2) is 35.2 Å². The van der Waals surface area contributed by atoms with Crippen molar-refractivity contribution < 1.29 is 33.0 Å². The lowest BCUT2D eigenvalue weighted by Crippen LogP contribution is -2.10. The first-order valence-corrected chi connectivity index (χ1v) is 7.83. The van der Waals surface area contributed by atoms with E-state index in [4.69, 9.17) is 4.84 Å². The number of ether oxygens (including phenoxy) is 1. The molecule has 1 heterocycles. The van der Waals surface area contributed by atoms with Gasteiger partial charge in [-0.2, -0.15) is 0 Å². The van der Waals surface area contributed by atoms with E-state index in [2.05, 4.69) is 4.74 Å². The minimum atomic E-state index is -3.74. The molecular weight excluding hydrogens is 314 g/mol. The normalized spacial score (nSPS) is 11.2. The maximum absolute atomic E-state index is 11.8. The van der Waals surface area contributed by atoms with Crippen molar-refractivity contribution in [2.75, 3.05) is 13.4 Å². The fourth-order valence-electron chi connectivity index (χ4n) is 1.71. The van der Waals surface area contributed by atoms with Crippen molar-refractivity contribution in [3.63, 3.8) is 0 Å². The lowest BCUT2D eigenvalue weighted by Gasteiger charge is -2.12. The number of sulfone groups is 1. The van der Waals surface area contributed by atoms with E-state index in [9.17, 15) is 23.4 Å². The number of benzene rings is 1. The van der Waals surface area contributed by atoms with Gasteiger partial charge >= 0.3 is 5.97 Å². The van der Waals surface area contributed by atoms with E-state index < -0.39 is 27.6 Å². The Labute approximate surface area is 126 Å². The highest BCUT2D eigenvalue weighted by molar-refractivity contribution is 7.90. The van der Waals surface area contributed by atoms with Gasteiger partial charge < -0.3 is 19.8 Å². The number of carbonyl (C=O) groups is 1. The second kappa shape index (κ2) is 5.60. The molecule has 0 unspecified atom stereocenters. The molecule has 8 nitrogen and oxygen atoms in total. The van der Waals surface area contributed by atoms with Crippen LogP contribution in [0.1, 0.15) is 10.4 Å². The van der Waals surface area contributed by atoms with E-state index >= 15 is 0 Å². The maximum atomic E-state index is 11.8. The Hall–Kier alpha value is -2.68. The maximum Gasteiger partial charge on any atom is 0.337 e. The molecule has 9 heteroatoms. The zero-order chi connectivity index (χ0) is 16.5. The molecule has 1 aromatic carbocycles. The third kappa shape index (κ3) is 2.98. The quantitative estimate of drug-likeness (QED) is 0.803. The second-order valence-electron chi connectivity index (χ2n) is 4.36. The molecule has 0 atom stereocenters. The molecule has 118 valence electrons. The average Bonchev–Trinajstić information content (AvgIpc) is 2.77. The fourth-order valence-corrected chi connectivity index (χ4v) is 2.52. The van der Waals surface area contributed by atoms with Gasteiger partial charge in [0.2, 0.25) is 11.8 Å². The molecular formula is C13H13NO7S. The highest BCUT2D eigenvalue weighted by Gasteiger charge is 2.20. The topological polar surface area (TPSA) is 115 Å². The molecule has 0 bridgehead atoms. The van der Waals surface area contributed by atoms with Crippen LogP contribution in [0.3, 0.4) is 0 Å². The van der Waals surface area contributed by atoms with Gasteiger partial charge in [-0.15, -0.1) is 4.73 Å². The first-order chi connectivity index (χ1) is 10.2. The molecule has 0 aliphatic rings. The zero-order valence-corrected chi connectivity index (χ0v) is 12.5. The van der Waals surface area contributed by atoms with Gasteiger partial charge in [-0.05, 0) is 18.2 Å². The Balaban J connectivity index is 2.54. The van der Waals surface area contributed by atoms with E-state index in [1.807, 2.05) is 0 Å². The third-order valence-corrected chi connectivity index (χ3v) is 3.87. The lowest BCUT2D eigenvalue weighted by molar-refractivity contribution is 0.0600. The first kappa shape index (κ1) is 15.7. The van der Waals surface area contributed by atoms with Crippen LogP contribution < -0.4 is 4.84 Å². The minimum absolute atomic E-state index is 0.0243. The van der Waals surface area contributed by atoms with Gasteiger partial charge in [0.1, 0.15) is 4.90 Å². The van der Waals surface area contributed by atoms with Crippen LogP contribution in [0.2, 0.25) is 0 Å². The summed E-state index contributed by atoms with van der Waals surface area (Å²) in [6.07, 6.45) is 0.936. The summed E-state index contributed by atoms with van der Waals surface area (Å²) in [5.41, 5.74) is 0.0243. The number of aromatic nitrogens is 1. The van der Waals surface area contributed by atoms with Crippen molar-refractivity contribution in [2.45, 2.75) is 4.90 Å². The molecule has 0 spiro atoms. The van der Waals surface area contributed by atoms with Crippen molar-refractivity contribution in [1.82, 2.24) is 4.73 Å². The number of methoxy groups -OCH3 is 1. The van der Waals surface area contributed by atoms with E-state index in [-0.39, 0.29) is 16.2 Å². The van der Waals surface area contributed by atoms with Gasteiger partial charge in [-0.25, -0.2) is 13.2 Å². The number of hydrogen-bond acceptors (Lipinski definition) is 7. The molecule has 0 aliphatic heterocycles. The molecule has 0 aliphatic carbocycles. The summed E-state index contributed by atoms with van der Waals surface area (Å²) in [5, 5.41) is 19.0. The van der Waals surface area contributed by atoms with E-state index in [0.29, 0.717) is 4.73 Å². The standard InChI is InChI=1S/C13H13NO7S/c1-20-13(17)8-3-4-9(10(7-8)22(2,18)19)21-14-11(15)5-6-12(14)16/h3-7,15-16H,1-2H3. The summed E-state index contributed by atoms with van der Waals surface area (Å²) in [5.74, 6) is -1.72. The molecule has 0 fully saturated rings. The van der Waals surface area contributed by atoms with Crippen LogP contribution in [0.25, 0.3) is 0 Å². The highest BCUT2D eigenvalue weighted by Crippen LogP contribution is 2.29. The van der Waals surface area contributed by atoms with Crippen molar-refractivity contribution in [3.8, 4) is 17.5 Å². The van der Waals surface area contributed by atoms with Crippen LogP contribution in [0, 0.1) is 0 Å². The Morgan fingerprint density at radius 1 is 1.14 bits per heavy atom. The molecule has 0 saturated heterocycles. The molecule has 2 N–H and O–H groups in total. The Kier molecular flexibility index (Phi) is 4.00. The summed E-state index contributed by atoms with van der Waals surface area (Å²) in [6, 6.07) is 5.94. The van der Waals surface area contributed by atoms with Gasteiger partial charge in [0, 0.05) is 18.4 Å². The third-order valence-electron chi connectivity index (χ3n) is 2.75. The first-order valence-electron chi connectivity index (χ1n) is 5.94. The number of hydrogen-bond donors (Lipinski definition) is 2.